The summed E-state index contributed by atoms with van der Waals surface area (Å²) in [6.45, 7) is 8.84. The Labute approximate surface area is 215 Å². The minimum absolute atomic E-state index is 0.0187. The Balaban J connectivity index is 1.51. The molecule has 0 spiro atoms. The number of hydrogen-bond acceptors (Lipinski definition) is 8. The van der Waals surface area contributed by atoms with Gasteiger partial charge in [-0.05, 0) is 57.9 Å². The van der Waals surface area contributed by atoms with E-state index in [2.05, 4.69) is 30.5 Å². The molecule has 2 N–H and O–H groups in total. The average molecular weight is 511 g/mol. The topological polar surface area (TPSA) is 109 Å². The minimum atomic E-state index is -0.536. The van der Waals surface area contributed by atoms with Crippen LogP contribution in [0.25, 0.3) is 11.0 Å². The number of Topliss-reactive ketones (excluding diaryl/α,β-unsaturated/α-hetero) is 1. The fourth-order valence-electron chi connectivity index (χ4n) is 4.14. The molecule has 190 valence electrons. The van der Waals surface area contributed by atoms with Gasteiger partial charge in [-0.15, -0.1) is 0 Å². The van der Waals surface area contributed by atoms with Crippen molar-refractivity contribution in [1.29, 1.82) is 0 Å². The quantitative estimate of drug-likeness (QED) is 0.330. The number of rotatable bonds is 6. The summed E-state index contributed by atoms with van der Waals surface area (Å²) in [7, 11) is 0. The first-order chi connectivity index (χ1) is 17.1. The van der Waals surface area contributed by atoms with Crippen molar-refractivity contribution in [2.75, 3.05) is 23.3 Å². The van der Waals surface area contributed by atoms with Gasteiger partial charge in [0.2, 0.25) is 0 Å². The molecule has 1 aliphatic rings. The lowest BCUT2D eigenvalue weighted by molar-refractivity contribution is 0.0499. The number of anilines is 3. The van der Waals surface area contributed by atoms with Crippen LogP contribution in [0.15, 0.2) is 36.7 Å². The molecule has 1 amide bonds. The maximum atomic E-state index is 12.6. The summed E-state index contributed by atoms with van der Waals surface area (Å²) in [4.78, 5) is 40.3. The van der Waals surface area contributed by atoms with Gasteiger partial charge in [-0.1, -0.05) is 18.5 Å². The predicted octanol–water partition coefficient (Wildman–Crippen LogP) is 5.51. The number of piperidine rings is 1. The second-order valence-corrected chi connectivity index (χ2v) is 10.2. The Bertz CT molecular complexity index is 1260. The highest BCUT2D eigenvalue weighted by molar-refractivity contribution is 6.30. The van der Waals surface area contributed by atoms with Crippen molar-refractivity contribution < 1.29 is 14.3 Å². The van der Waals surface area contributed by atoms with E-state index in [9.17, 15) is 9.59 Å². The van der Waals surface area contributed by atoms with Gasteiger partial charge in [0.1, 0.15) is 22.1 Å². The van der Waals surface area contributed by atoms with Crippen molar-refractivity contribution in [2.45, 2.75) is 58.6 Å². The number of pyridine rings is 3. The Kier molecular flexibility index (Phi) is 7.59. The predicted molar refractivity (Wildman–Crippen MR) is 141 cm³/mol. The zero-order valence-corrected chi connectivity index (χ0v) is 21.7. The number of carbonyl (C=O) groups excluding carboxylic acids is 2. The second kappa shape index (κ2) is 10.7. The van der Waals surface area contributed by atoms with Crippen molar-refractivity contribution in [1.82, 2.24) is 20.3 Å². The SMILES string of the molecule is CCC(=O)c1cnc2ccc(Cl)nc2c1Nc1ccc(N2CCC[C@H](NC(=O)OC(C)(C)C)C2)nc1. The van der Waals surface area contributed by atoms with E-state index >= 15 is 0 Å². The number of nitrogens with zero attached hydrogens (tertiary/aromatic N) is 4. The molecule has 0 radical (unpaired) electrons. The van der Waals surface area contributed by atoms with Crippen LogP contribution in [0.3, 0.4) is 0 Å². The summed E-state index contributed by atoms with van der Waals surface area (Å²) in [6.07, 6.45) is 5.04. The lowest BCUT2D eigenvalue weighted by Crippen LogP contribution is -2.49. The van der Waals surface area contributed by atoms with Gasteiger partial charge in [0, 0.05) is 31.7 Å². The highest BCUT2D eigenvalue weighted by Gasteiger charge is 2.25. The summed E-state index contributed by atoms with van der Waals surface area (Å²) in [6, 6.07) is 7.25. The third kappa shape index (κ3) is 6.20. The zero-order chi connectivity index (χ0) is 25.9. The monoisotopic (exact) mass is 510 g/mol. The van der Waals surface area contributed by atoms with Crippen molar-refractivity contribution in [2.24, 2.45) is 0 Å². The first kappa shape index (κ1) is 25.6. The molecule has 0 saturated carbocycles. The van der Waals surface area contributed by atoms with Gasteiger partial charge in [0.25, 0.3) is 0 Å². The van der Waals surface area contributed by atoms with E-state index in [-0.39, 0.29) is 11.8 Å². The lowest BCUT2D eigenvalue weighted by Gasteiger charge is -2.34. The van der Waals surface area contributed by atoms with Crippen LogP contribution in [-0.4, -0.2) is 51.6 Å². The lowest BCUT2D eigenvalue weighted by atomic mass is 10.1. The van der Waals surface area contributed by atoms with Crippen LogP contribution >= 0.6 is 11.6 Å². The van der Waals surface area contributed by atoms with Crippen molar-refractivity contribution in [3.8, 4) is 0 Å². The molecule has 1 atom stereocenters. The molecule has 9 nitrogen and oxygen atoms in total. The fraction of sp³-hybridized carbons (Fsp3) is 0.423. The van der Waals surface area contributed by atoms with E-state index in [1.807, 2.05) is 39.8 Å². The summed E-state index contributed by atoms with van der Waals surface area (Å²) >= 11 is 6.14. The number of nitrogens with one attached hydrogen (secondary N) is 2. The largest absolute Gasteiger partial charge is 0.444 e. The van der Waals surface area contributed by atoms with Gasteiger partial charge in [0.05, 0.1) is 28.7 Å². The van der Waals surface area contributed by atoms with Gasteiger partial charge in [-0.2, -0.15) is 0 Å². The first-order valence-electron chi connectivity index (χ1n) is 12.1. The number of ether oxygens (including phenoxy) is 1. The Hall–Kier alpha value is -3.46. The van der Waals surface area contributed by atoms with E-state index in [1.54, 1.807) is 24.5 Å². The second-order valence-electron chi connectivity index (χ2n) is 9.79. The molecule has 1 saturated heterocycles. The standard InChI is InChI=1S/C26H31ClN6O3/c1-5-20(34)18-14-28-19-9-10-21(27)32-24(19)23(18)30-16-8-11-22(29-13-16)33-12-6-7-17(15-33)31-25(35)36-26(2,3)4/h8-11,13-14,17H,5-7,12,15H2,1-4H3,(H,28,30)(H,31,35)/t17-/m0/s1. The zero-order valence-electron chi connectivity index (χ0n) is 21.0. The number of hydrogen-bond donors (Lipinski definition) is 2. The fourth-order valence-corrected chi connectivity index (χ4v) is 4.29. The molecule has 0 aliphatic carbocycles. The van der Waals surface area contributed by atoms with Crippen molar-refractivity contribution in [3.05, 3.63) is 47.4 Å². The summed E-state index contributed by atoms with van der Waals surface area (Å²) in [5.74, 6) is 0.761. The third-order valence-corrected chi connectivity index (χ3v) is 5.99. The molecule has 36 heavy (non-hydrogen) atoms. The van der Waals surface area contributed by atoms with Crippen LogP contribution in [-0.2, 0) is 4.74 Å². The highest BCUT2D eigenvalue weighted by atomic mass is 35.5. The maximum Gasteiger partial charge on any atom is 0.407 e. The van der Waals surface area contributed by atoms with Gasteiger partial charge in [-0.3, -0.25) is 9.78 Å². The maximum absolute atomic E-state index is 12.6. The number of halogens is 1. The van der Waals surface area contributed by atoms with Crippen LogP contribution in [0.5, 0.6) is 0 Å². The number of fused-ring (bicyclic) bond motifs is 1. The molecule has 0 aromatic carbocycles. The summed E-state index contributed by atoms with van der Waals surface area (Å²) in [5.41, 5.74) is 2.35. The number of carbonyl (C=O) groups is 2. The molecule has 1 fully saturated rings. The Morgan fingerprint density at radius 3 is 2.67 bits per heavy atom. The van der Waals surface area contributed by atoms with Crippen LogP contribution < -0.4 is 15.5 Å². The molecule has 10 heteroatoms. The highest BCUT2D eigenvalue weighted by Crippen LogP contribution is 2.30. The molecule has 4 rings (SSSR count). The van der Waals surface area contributed by atoms with Gasteiger partial charge in [0.15, 0.2) is 5.78 Å². The van der Waals surface area contributed by atoms with E-state index in [0.29, 0.717) is 46.1 Å². The van der Waals surface area contributed by atoms with Crippen LogP contribution in [0.2, 0.25) is 5.15 Å². The van der Waals surface area contributed by atoms with Crippen LogP contribution in [0.4, 0.5) is 22.0 Å². The van der Waals surface area contributed by atoms with Crippen LogP contribution in [0, 0.1) is 0 Å². The summed E-state index contributed by atoms with van der Waals surface area (Å²) < 4.78 is 5.39. The number of ketones is 1. The smallest absolute Gasteiger partial charge is 0.407 e. The number of aromatic nitrogens is 3. The molecular weight excluding hydrogens is 480 g/mol. The van der Waals surface area contributed by atoms with E-state index in [4.69, 9.17) is 16.3 Å². The molecular formula is C26H31ClN6O3. The molecule has 0 bridgehead atoms. The van der Waals surface area contributed by atoms with E-state index in [0.717, 1.165) is 25.2 Å². The normalized spacial score (nSPS) is 16.0. The molecule has 4 heterocycles. The first-order valence-corrected chi connectivity index (χ1v) is 12.5. The van der Waals surface area contributed by atoms with E-state index < -0.39 is 11.7 Å². The molecule has 3 aromatic rings. The molecule has 0 unspecified atom stereocenters. The molecule has 1 aliphatic heterocycles. The van der Waals surface area contributed by atoms with E-state index in [1.165, 1.54) is 0 Å². The van der Waals surface area contributed by atoms with Gasteiger partial charge >= 0.3 is 6.09 Å². The third-order valence-electron chi connectivity index (χ3n) is 5.78. The van der Waals surface area contributed by atoms with Gasteiger partial charge in [-0.25, -0.2) is 14.8 Å². The van der Waals surface area contributed by atoms with Crippen LogP contribution in [0.1, 0.15) is 57.3 Å². The number of amides is 1. The van der Waals surface area contributed by atoms with Crippen molar-refractivity contribution in [3.63, 3.8) is 0 Å². The Morgan fingerprint density at radius 2 is 1.97 bits per heavy atom. The van der Waals surface area contributed by atoms with Gasteiger partial charge < -0.3 is 20.3 Å². The van der Waals surface area contributed by atoms with Crippen molar-refractivity contribution >= 4 is 51.7 Å². The molecule has 3 aromatic heterocycles. The Morgan fingerprint density at radius 1 is 1.17 bits per heavy atom. The minimum Gasteiger partial charge on any atom is -0.444 e. The average Bonchev–Trinajstić information content (AvgIpc) is 2.83. The number of alkyl carbamates (subject to hydrolysis) is 1. The summed E-state index contributed by atoms with van der Waals surface area (Å²) in [5, 5.41) is 6.59.